The van der Waals surface area contributed by atoms with Gasteiger partial charge in [-0.1, -0.05) is 6.07 Å². The highest BCUT2D eigenvalue weighted by atomic mass is 32.2. The molecule has 7 heteroatoms. The Labute approximate surface area is 98.2 Å². The van der Waals surface area contributed by atoms with Crippen molar-refractivity contribution in [1.82, 2.24) is 0 Å². The minimum atomic E-state index is -2.59. The number of rotatable bonds is 1. The average molecular weight is 249 g/mol. The summed E-state index contributed by atoms with van der Waals surface area (Å²) in [5.41, 5.74) is 8.12. The first-order valence-electron chi connectivity index (χ1n) is 4.57. The van der Waals surface area contributed by atoms with E-state index in [9.17, 15) is 18.4 Å². The molecule has 6 nitrogen and oxygen atoms in total. The number of fused-ring (bicyclic) bond motifs is 1. The predicted octanol–water partition coefficient (Wildman–Crippen LogP) is 0.365. The third kappa shape index (κ3) is 1.76. The Hall–Kier alpha value is -1.95. The molecule has 0 bridgehead atoms. The highest BCUT2D eigenvalue weighted by Crippen LogP contribution is 2.24. The zero-order valence-corrected chi connectivity index (χ0v) is 9.19. The smallest absolute Gasteiger partial charge is 0.347 e. The van der Waals surface area contributed by atoms with Gasteiger partial charge in [-0.2, -0.15) is 4.79 Å². The van der Waals surface area contributed by atoms with Crippen molar-refractivity contribution in [3.05, 3.63) is 34.9 Å². The summed E-state index contributed by atoms with van der Waals surface area (Å²) in [7, 11) is 0. The molecule has 1 aromatic rings. The minimum Gasteiger partial charge on any atom is -0.768 e. The van der Waals surface area contributed by atoms with Gasteiger partial charge < -0.3 is 10.1 Å². The molecule has 0 spiro atoms. The van der Waals surface area contributed by atoms with Crippen molar-refractivity contribution in [3.63, 3.8) is 0 Å². The molecule has 1 aromatic carbocycles. The Bertz CT molecular complexity index is 617. The van der Waals surface area contributed by atoms with Crippen LogP contribution in [0.2, 0.25) is 0 Å². The van der Waals surface area contributed by atoms with Gasteiger partial charge in [0.05, 0.1) is 0 Å². The van der Waals surface area contributed by atoms with E-state index in [1.165, 1.54) is 18.2 Å². The number of hydrogen-bond acceptors (Lipinski definition) is 4. The first kappa shape index (κ1) is 11.5. The number of Topliss-reactive ketones (excluding diaryl/α,β-unsaturated/α-hetero) is 2. The van der Waals surface area contributed by atoms with Crippen LogP contribution in [-0.4, -0.2) is 30.8 Å². The summed E-state index contributed by atoms with van der Waals surface area (Å²) >= 11 is -2.59. The third-order valence-electron chi connectivity index (χ3n) is 2.44. The molecule has 1 aliphatic rings. The van der Waals surface area contributed by atoms with Crippen LogP contribution in [0, 0.1) is 0 Å². The highest BCUT2D eigenvalue weighted by Gasteiger charge is 2.36. The maximum absolute atomic E-state index is 11.7. The third-order valence-corrected chi connectivity index (χ3v) is 3.14. The molecular weight excluding hydrogens is 244 g/mol. The second kappa shape index (κ2) is 4.14. The standard InChI is InChI=1S/C10H6N2O4S/c11-12-6-4-7(13)9-5(10(6)14)2-1-3-8(9)17(15)16/h1-3H,4H2,(H,15,16)/p-1. The van der Waals surface area contributed by atoms with E-state index in [1.54, 1.807) is 0 Å². The molecule has 86 valence electrons. The van der Waals surface area contributed by atoms with Gasteiger partial charge in [0.15, 0.2) is 5.78 Å². The van der Waals surface area contributed by atoms with Gasteiger partial charge in [0.1, 0.15) is 6.42 Å². The van der Waals surface area contributed by atoms with Gasteiger partial charge in [0, 0.05) is 16.0 Å². The van der Waals surface area contributed by atoms with Crippen molar-refractivity contribution >= 4 is 28.4 Å². The van der Waals surface area contributed by atoms with Crippen LogP contribution in [0.1, 0.15) is 27.1 Å². The molecule has 17 heavy (non-hydrogen) atoms. The van der Waals surface area contributed by atoms with Crippen molar-refractivity contribution in [2.75, 3.05) is 0 Å². The SMILES string of the molecule is [N-]=[N+]=C1CC(=O)c2c(cccc2S(=O)[O-])C1=O. The number of benzene rings is 1. The molecule has 0 aromatic heterocycles. The van der Waals surface area contributed by atoms with Crippen molar-refractivity contribution in [1.29, 1.82) is 0 Å². The van der Waals surface area contributed by atoms with Crippen LogP contribution < -0.4 is 0 Å². The van der Waals surface area contributed by atoms with Crippen molar-refractivity contribution in [2.45, 2.75) is 11.3 Å². The zero-order valence-electron chi connectivity index (χ0n) is 8.37. The summed E-state index contributed by atoms with van der Waals surface area (Å²) in [6.45, 7) is 0. The van der Waals surface area contributed by atoms with Crippen molar-refractivity contribution < 1.29 is 23.1 Å². The fourth-order valence-electron chi connectivity index (χ4n) is 1.70. The van der Waals surface area contributed by atoms with Gasteiger partial charge in [0.2, 0.25) is 0 Å². The fourth-order valence-corrected chi connectivity index (χ4v) is 2.28. The maximum Gasteiger partial charge on any atom is 0.347 e. The van der Waals surface area contributed by atoms with Crippen LogP contribution in [-0.2, 0) is 11.1 Å². The molecule has 2 rings (SSSR count). The summed E-state index contributed by atoms with van der Waals surface area (Å²) in [5.74, 6) is -1.18. The van der Waals surface area contributed by atoms with E-state index in [4.69, 9.17) is 5.53 Å². The molecule has 0 saturated carbocycles. The van der Waals surface area contributed by atoms with Crippen molar-refractivity contribution in [2.24, 2.45) is 0 Å². The fraction of sp³-hybridized carbons (Fsp3) is 0.100. The Kier molecular flexibility index (Phi) is 2.81. The van der Waals surface area contributed by atoms with Crippen LogP contribution in [0.15, 0.2) is 23.1 Å². The molecule has 0 aliphatic heterocycles. The van der Waals surface area contributed by atoms with Gasteiger partial charge in [0.25, 0.3) is 5.78 Å². The van der Waals surface area contributed by atoms with E-state index in [2.05, 4.69) is 4.79 Å². The molecule has 0 radical (unpaired) electrons. The zero-order chi connectivity index (χ0) is 12.6. The Morgan fingerprint density at radius 2 is 2.06 bits per heavy atom. The van der Waals surface area contributed by atoms with Crippen LogP contribution >= 0.6 is 0 Å². The second-order valence-electron chi connectivity index (χ2n) is 3.39. The predicted molar refractivity (Wildman–Crippen MR) is 55.5 cm³/mol. The van der Waals surface area contributed by atoms with Gasteiger partial charge in [-0.15, -0.1) is 0 Å². The normalized spacial score (nSPS) is 16.4. The van der Waals surface area contributed by atoms with Gasteiger partial charge in [-0.05, 0) is 23.2 Å². The molecule has 0 heterocycles. The number of carbonyl (C=O) groups excluding carboxylic acids is 2. The number of carbonyl (C=O) groups is 2. The second-order valence-corrected chi connectivity index (χ2v) is 4.30. The molecule has 0 fully saturated rings. The van der Waals surface area contributed by atoms with Crippen LogP contribution in [0.5, 0.6) is 0 Å². The summed E-state index contributed by atoms with van der Waals surface area (Å²) in [6, 6.07) is 3.93. The maximum atomic E-state index is 11.7. The lowest BCUT2D eigenvalue weighted by molar-refractivity contribution is -0.00892. The average Bonchev–Trinajstić information content (AvgIpc) is 2.32. The monoisotopic (exact) mass is 249 g/mol. The number of hydrogen-bond donors (Lipinski definition) is 0. The highest BCUT2D eigenvalue weighted by molar-refractivity contribution is 7.79. The Balaban J connectivity index is 2.77. The van der Waals surface area contributed by atoms with E-state index in [0.29, 0.717) is 0 Å². The number of nitrogens with zero attached hydrogens (tertiary/aromatic N) is 2. The van der Waals surface area contributed by atoms with E-state index in [1.807, 2.05) is 0 Å². The van der Waals surface area contributed by atoms with Gasteiger partial charge in [-0.25, -0.2) is 0 Å². The lowest BCUT2D eigenvalue weighted by Gasteiger charge is -2.16. The lowest BCUT2D eigenvalue weighted by Crippen LogP contribution is -2.29. The summed E-state index contributed by atoms with van der Waals surface area (Å²) in [6.07, 6.45) is -0.392. The summed E-state index contributed by atoms with van der Waals surface area (Å²) < 4.78 is 21.9. The lowest BCUT2D eigenvalue weighted by atomic mass is 9.88. The Morgan fingerprint density at radius 1 is 1.35 bits per heavy atom. The quantitative estimate of drug-likeness (QED) is 0.406. The number of ketones is 2. The summed E-state index contributed by atoms with van der Waals surface area (Å²) in [5, 5.41) is 0. The van der Waals surface area contributed by atoms with E-state index >= 15 is 0 Å². The van der Waals surface area contributed by atoms with Crippen LogP contribution in [0.3, 0.4) is 0 Å². The van der Waals surface area contributed by atoms with Gasteiger partial charge in [-0.3, -0.25) is 13.8 Å². The molecule has 1 atom stereocenters. The van der Waals surface area contributed by atoms with Crippen molar-refractivity contribution in [3.8, 4) is 0 Å². The molecular formula is C10H5N2O4S-. The van der Waals surface area contributed by atoms with Crippen LogP contribution in [0.4, 0.5) is 0 Å². The first-order valence-corrected chi connectivity index (χ1v) is 5.65. The van der Waals surface area contributed by atoms with Crippen LogP contribution in [0.25, 0.3) is 5.53 Å². The molecule has 1 unspecified atom stereocenters. The topological polar surface area (TPSA) is 111 Å². The molecule has 1 aliphatic carbocycles. The van der Waals surface area contributed by atoms with E-state index < -0.39 is 29.1 Å². The first-order chi connectivity index (χ1) is 8.06. The summed E-state index contributed by atoms with van der Waals surface area (Å²) in [4.78, 5) is 26.0. The molecule has 0 N–H and O–H groups in total. The van der Waals surface area contributed by atoms with E-state index in [0.717, 1.165) is 0 Å². The molecule has 0 saturated heterocycles. The van der Waals surface area contributed by atoms with E-state index in [-0.39, 0.29) is 21.7 Å². The van der Waals surface area contributed by atoms with Gasteiger partial charge >= 0.3 is 5.71 Å². The molecule has 0 amide bonds. The Morgan fingerprint density at radius 3 is 2.65 bits per heavy atom. The largest absolute Gasteiger partial charge is 0.768 e. The minimum absolute atomic E-state index is 0.0456.